The van der Waals surface area contributed by atoms with Crippen LogP contribution in [0.5, 0.6) is 5.75 Å². The van der Waals surface area contributed by atoms with Gasteiger partial charge >= 0.3 is 0 Å². The molecule has 2 aromatic rings. The maximum absolute atomic E-state index is 9.44. The largest absolute Gasteiger partial charge is 0.508 e. The van der Waals surface area contributed by atoms with Crippen molar-refractivity contribution >= 4 is 17.2 Å². The van der Waals surface area contributed by atoms with Gasteiger partial charge in [-0.2, -0.15) is 0 Å². The Bertz CT molecular complexity index is 593. The van der Waals surface area contributed by atoms with E-state index in [-0.39, 0.29) is 5.75 Å². The molecule has 1 aliphatic heterocycles. The highest BCUT2D eigenvalue weighted by Gasteiger charge is 2.14. The summed E-state index contributed by atoms with van der Waals surface area (Å²) in [5.74, 6) is 1.28. The van der Waals surface area contributed by atoms with Gasteiger partial charge in [0.15, 0.2) is 0 Å². The normalized spacial score (nSPS) is 13.7. The van der Waals surface area contributed by atoms with Crippen molar-refractivity contribution in [1.29, 1.82) is 0 Å². The number of phenols is 1. The Labute approximate surface area is 118 Å². The molecule has 1 heterocycles. The number of nitrogens with one attached hydrogen (secondary N) is 1. The van der Waals surface area contributed by atoms with Crippen molar-refractivity contribution in [3.05, 3.63) is 54.6 Å². The van der Waals surface area contributed by atoms with Crippen molar-refractivity contribution in [2.24, 2.45) is 4.99 Å². The van der Waals surface area contributed by atoms with Crippen molar-refractivity contribution in [2.45, 2.75) is 0 Å². The van der Waals surface area contributed by atoms with E-state index in [1.54, 1.807) is 12.1 Å². The third kappa shape index (κ3) is 2.74. The lowest BCUT2D eigenvalue weighted by molar-refractivity contribution is 0.475. The number of nitrogens with zero attached hydrogens (tertiary/aromatic N) is 2. The number of amidine groups is 1. The lowest BCUT2D eigenvalue weighted by atomic mass is 10.2. The fourth-order valence-electron chi connectivity index (χ4n) is 2.27. The van der Waals surface area contributed by atoms with Crippen LogP contribution in [0.1, 0.15) is 0 Å². The van der Waals surface area contributed by atoms with Gasteiger partial charge < -0.3 is 15.3 Å². The molecule has 4 heteroatoms. The van der Waals surface area contributed by atoms with Gasteiger partial charge in [-0.05, 0) is 36.4 Å². The molecule has 0 bridgehead atoms. The summed E-state index contributed by atoms with van der Waals surface area (Å²) in [4.78, 5) is 6.64. The number of aliphatic imine (C=N–C) groups is 1. The van der Waals surface area contributed by atoms with E-state index in [1.165, 1.54) is 0 Å². The van der Waals surface area contributed by atoms with Gasteiger partial charge in [0.1, 0.15) is 11.6 Å². The molecule has 0 aliphatic carbocycles. The number of aromatic hydroxyl groups is 1. The van der Waals surface area contributed by atoms with Gasteiger partial charge in [-0.15, -0.1) is 0 Å². The smallest absolute Gasteiger partial charge is 0.117 e. The summed E-state index contributed by atoms with van der Waals surface area (Å²) in [7, 11) is 0. The number of hydrogen-bond acceptors (Lipinski definition) is 4. The number of phenolic OH excluding ortho intramolecular Hbond substituents is 1. The van der Waals surface area contributed by atoms with Crippen LogP contribution in [-0.2, 0) is 0 Å². The van der Waals surface area contributed by atoms with Crippen LogP contribution < -0.4 is 10.2 Å². The highest BCUT2D eigenvalue weighted by atomic mass is 16.3. The first-order valence-electron chi connectivity index (χ1n) is 6.72. The Morgan fingerprint density at radius 3 is 2.35 bits per heavy atom. The molecule has 4 nitrogen and oxygen atoms in total. The van der Waals surface area contributed by atoms with Crippen LogP contribution in [0.2, 0.25) is 0 Å². The van der Waals surface area contributed by atoms with Crippen LogP contribution in [0.15, 0.2) is 59.6 Å². The molecule has 0 saturated carbocycles. The van der Waals surface area contributed by atoms with Crippen molar-refractivity contribution < 1.29 is 5.11 Å². The number of para-hydroxylation sites is 1. The van der Waals surface area contributed by atoms with Crippen molar-refractivity contribution in [3.8, 4) is 5.75 Å². The molecular weight excluding hydrogens is 250 g/mol. The molecule has 102 valence electrons. The van der Waals surface area contributed by atoms with E-state index in [2.05, 4.69) is 27.3 Å². The van der Waals surface area contributed by atoms with Gasteiger partial charge in [0.25, 0.3) is 0 Å². The Hall–Kier alpha value is -2.49. The maximum Gasteiger partial charge on any atom is 0.117 e. The van der Waals surface area contributed by atoms with E-state index in [9.17, 15) is 5.11 Å². The van der Waals surface area contributed by atoms with Gasteiger partial charge in [-0.1, -0.05) is 18.2 Å². The van der Waals surface area contributed by atoms with E-state index in [4.69, 9.17) is 0 Å². The average Bonchev–Trinajstić information content (AvgIpc) is 3.00. The van der Waals surface area contributed by atoms with Crippen LogP contribution in [-0.4, -0.2) is 30.6 Å². The molecule has 0 spiro atoms. The molecule has 1 aliphatic rings. The van der Waals surface area contributed by atoms with Gasteiger partial charge in [0.2, 0.25) is 0 Å². The molecule has 0 aromatic heterocycles. The second-order valence-electron chi connectivity index (χ2n) is 4.69. The number of hydrogen-bond donors (Lipinski definition) is 2. The number of benzene rings is 2. The van der Waals surface area contributed by atoms with Crippen LogP contribution in [0.3, 0.4) is 0 Å². The first-order chi connectivity index (χ1) is 9.83. The molecular formula is C16H17N3O. The van der Waals surface area contributed by atoms with Crippen LogP contribution in [0.4, 0.5) is 11.4 Å². The third-order valence-corrected chi connectivity index (χ3v) is 3.28. The number of anilines is 2. The molecule has 0 atom stereocenters. The van der Waals surface area contributed by atoms with Gasteiger partial charge in [-0.3, -0.25) is 4.99 Å². The summed E-state index contributed by atoms with van der Waals surface area (Å²) in [6, 6.07) is 17.4. The molecule has 0 radical (unpaired) electrons. The first kappa shape index (κ1) is 12.5. The summed E-state index contributed by atoms with van der Waals surface area (Å²) < 4.78 is 0. The second-order valence-corrected chi connectivity index (χ2v) is 4.69. The molecule has 20 heavy (non-hydrogen) atoms. The molecule has 0 unspecified atom stereocenters. The minimum Gasteiger partial charge on any atom is -0.508 e. The number of rotatable bonds is 4. The van der Waals surface area contributed by atoms with E-state index in [1.807, 2.05) is 30.3 Å². The summed E-state index contributed by atoms with van der Waals surface area (Å²) in [6.07, 6.45) is 0. The van der Waals surface area contributed by atoms with Crippen molar-refractivity contribution in [2.75, 3.05) is 24.5 Å². The predicted molar refractivity (Wildman–Crippen MR) is 81.9 cm³/mol. The average molecular weight is 267 g/mol. The zero-order chi connectivity index (χ0) is 13.8. The van der Waals surface area contributed by atoms with Crippen molar-refractivity contribution in [3.63, 3.8) is 0 Å². The summed E-state index contributed by atoms with van der Waals surface area (Å²) in [5, 5.41) is 12.7. The quantitative estimate of drug-likeness (QED) is 0.895. The van der Waals surface area contributed by atoms with Gasteiger partial charge in [0, 0.05) is 17.9 Å². The highest BCUT2D eigenvalue weighted by Crippen LogP contribution is 2.26. The zero-order valence-corrected chi connectivity index (χ0v) is 11.2. The molecule has 2 N–H and O–H groups in total. The summed E-state index contributed by atoms with van der Waals surface area (Å²) >= 11 is 0. The molecule has 0 saturated heterocycles. The fourth-order valence-corrected chi connectivity index (χ4v) is 2.27. The molecule has 2 aromatic carbocycles. The standard InChI is InChI=1S/C16H17N3O/c20-15-8-6-14(7-9-15)19(12-16-17-10-11-18-16)13-4-2-1-3-5-13/h1-9,20H,10-12H2,(H,17,18). The van der Waals surface area contributed by atoms with Crippen LogP contribution >= 0.6 is 0 Å². The SMILES string of the molecule is Oc1ccc(N(CC2=NCCN2)c2ccccc2)cc1. The minimum absolute atomic E-state index is 0.276. The Morgan fingerprint density at radius 1 is 1.00 bits per heavy atom. The topological polar surface area (TPSA) is 47.9 Å². The van der Waals surface area contributed by atoms with Gasteiger partial charge in [0.05, 0.1) is 13.1 Å². The predicted octanol–water partition coefficient (Wildman–Crippen LogP) is 2.53. The van der Waals surface area contributed by atoms with E-state index in [0.717, 1.165) is 30.3 Å². The van der Waals surface area contributed by atoms with E-state index < -0.39 is 0 Å². The van der Waals surface area contributed by atoms with Gasteiger partial charge in [-0.25, -0.2) is 0 Å². The van der Waals surface area contributed by atoms with E-state index in [0.29, 0.717) is 6.54 Å². The Morgan fingerprint density at radius 2 is 1.70 bits per heavy atom. The highest BCUT2D eigenvalue weighted by molar-refractivity contribution is 5.90. The van der Waals surface area contributed by atoms with Crippen molar-refractivity contribution in [1.82, 2.24) is 5.32 Å². The van der Waals surface area contributed by atoms with E-state index >= 15 is 0 Å². The lowest BCUT2D eigenvalue weighted by Gasteiger charge is -2.25. The summed E-state index contributed by atoms with van der Waals surface area (Å²) in [5.41, 5.74) is 2.14. The Balaban J connectivity index is 1.92. The zero-order valence-electron chi connectivity index (χ0n) is 11.2. The lowest BCUT2D eigenvalue weighted by Crippen LogP contribution is -2.32. The maximum atomic E-state index is 9.44. The van der Waals surface area contributed by atoms with Crippen LogP contribution in [0, 0.1) is 0 Å². The minimum atomic E-state index is 0.276. The monoisotopic (exact) mass is 267 g/mol. The second kappa shape index (κ2) is 5.65. The fraction of sp³-hybridized carbons (Fsp3) is 0.188. The molecule has 0 fully saturated rings. The Kier molecular flexibility index (Phi) is 3.54. The third-order valence-electron chi connectivity index (χ3n) is 3.28. The van der Waals surface area contributed by atoms with Crippen LogP contribution in [0.25, 0.3) is 0 Å². The summed E-state index contributed by atoms with van der Waals surface area (Å²) in [6.45, 7) is 2.45. The first-order valence-corrected chi connectivity index (χ1v) is 6.72. The molecule has 3 rings (SSSR count). The molecule has 0 amide bonds.